The number of rotatable bonds is 9. The van der Waals surface area contributed by atoms with E-state index in [9.17, 15) is 9.59 Å². The maximum Gasteiger partial charge on any atom is 0.309 e. The molecule has 1 amide bonds. The maximum atomic E-state index is 13.6. The van der Waals surface area contributed by atoms with Gasteiger partial charge in [0.1, 0.15) is 0 Å². The highest BCUT2D eigenvalue weighted by atomic mass is 35.5. The summed E-state index contributed by atoms with van der Waals surface area (Å²) in [6.07, 6.45) is 1.11. The molecule has 9 heteroatoms. The van der Waals surface area contributed by atoms with E-state index in [-0.39, 0.29) is 18.5 Å². The highest BCUT2D eigenvalue weighted by Crippen LogP contribution is 2.46. The van der Waals surface area contributed by atoms with Crippen molar-refractivity contribution in [1.29, 1.82) is 0 Å². The predicted octanol–water partition coefficient (Wildman–Crippen LogP) is 5.39. The second-order valence-electron chi connectivity index (χ2n) is 8.39. The fourth-order valence-electron chi connectivity index (χ4n) is 4.95. The van der Waals surface area contributed by atoms with Crippen LogP contribution in [-0.4, -0.2) is 57.8 Å². The third kappa shape index (κ3) is 5.16. The summed E-state index contributed by atoms with van der Waals surface area (Å²) in [5.74, 6) is 0.239. The van der Waals surface area contributed by atoms with Crippen LogP contribution in [0.25, 0.3) is 0 Å². The summed E-state index contributed by atoms with van der Waals surface area (Å²) < 4.78 is 21.6. The van der Waals surface area contributed by atoms with Crippen molar-refractivity contribution in [3.8, 4) is 17.2 Å². The van der Waals surface area contributed by atoms with E-state index in [1.54, 1.807) is 36.1 Å². The van der Waals surface area contributed by atoms with Gasteiger partial charge in [-0.1, -0.05) is 36.2 Å². The summed E-state index contributed by atoms with van der Waals surface area (Å²) in [5.41, 5.74) is 0.576. The van der Waals surface area contributed by atoms with Gasteiger partial charge in [0.15, 0.2) is 11.5 Å². The smallest absolute Gasteiger partial charge is 0.309 e. The third-order valence-electron chi connectivity index (χ3n) is 6.64. The molecular formula is C26H31Cl2NO6. The predicted molar refractivity (Wildman–Crippen MR) is 135 cm³/mol. The molecule has 0 spiro atoms. The van der Waals surface area contributed by atoms with Gasteiger partial charge in [0, 0.05) is 24.1 Å². The second kappa shape index (κ2) is 11.4. The lowest BCUT2D eigenvalue weighted by molar-refractivity contribution is -0.150. The van der Waals surface area contributed by atoms with Crippen molar-refractivity contribution in [2.24, 2.45) is 5.92 Å². The fourth-order valence-corrected chi connectivity index (χ4v) is 5.24. The number of hydrogen-bond donors (Lipinski definition) is 0. The first-order chi connectivity index (χ1) is 16.8. The lowest BCUT2D eigenvalue weighted by atomic mass is 9.68. The van der Waals surface area contributed by atoms with E-state index >= 15 is 0 Å². The monoisotopic (exact) mass is 523 g/mol. The van der Waals surface area contributed by atoms with Crippen molar-refractivity contribution in [3.63, 3.8) is 0 Å². The number of amides is 1. The molecule has 0 N–H and O–H groups in total. The van der Waals surface area contributed by atoms with E-state index in [2.05, 4.69) is 0 Å². The summed E-state index contributed by atoms with van der Waals surface area (Å²) in [7, 11) is 4.51. The Hall–Kier alpha value is -2.64. The Labute approximate surface area is 216 Å². The van der Waals surface area contributed by atoms with Gasteiger partial charge in [0.25, 0.3) is 5.91 Å². The van der Waals surface area contributed by atoms with Gasteiger partial charge in [-0.3, -0.25) is 9.59 Å². The van der Waals surface area contributed by atoms with Gasteiger partial charge >= 0.3 is 5.97 Å². The number of carbonyl (C=O) groups excluding carboxylic acids is 2. The van der Waals surface area contributed by atoms with Gasteiger partial charge in [-0.05, 0) is 49.6 Å². The molecule has 2 aromatic carbocycles. The average Bonchev–Trinajstić information content (AvgIpc) is 3.30. The summed E-state index contributed by atoms with van der Waals surface area (Å²) in [6, 6.07) is 8.65. The Kier molecular flexibility index (Phi) is 8.78. The van der Waals surface area contributed by atoms with E-state index in [1.807, 2.05) is 13.0 Å². The zero-order chi connectivity index (χ0) is 25.8. The van der Waals surface area contributed by atoms with Crippen LogP contribution in [0, 0.1) is 5.92 Å². The van der Waals surface area contributed by atoms with Crippen LogP contribution in [-0.2, 0) is 14.9 Å². The molecule has 2 atom stereocenters. The van der Waals surface area contributed by atoms with Crippen LogP contribution >= 0.6 is 23.2 Å². The molecule has 0 saturated carbocycles. The second-order valence-corrected chi connectivity index (χ2v) is 9.20. The molecule has 7 nitrogen and oxygen atoms in total. The van der Waals surface area contributed by atoms with E-state index < -0.39 is 11.3 Å². The number of nitrogens with zero attached hydrogens (tertiary/aromatic N) is 1. The zero-order valence-corrected chi connectivity index (χ0v) is 22.2. The molecule has 0 aromatic heterocycles. The summed E-state index contributed by atoms with van der Waals surface area (Å²) >= 11 is 12.5. The number of benzene rings is 2. The lowest BCUT2D eigenvalue weighted by Crippen LogP contribution is -2.44. The summed E-state index contributed by atoms with van der Waals surface area (Å²) in [4.78, 5) is 28.4. The number of halogens is 2. The molecule has 1 aliphatic rings. The van der Waals surface area contributed by atoms with Crippen molar-refractivity contribution in [2.45, 2.75) is 32.1 Å². The first kappa shape index (κ1) is 27.0. The molecule has 190 valence electrons. The standard InChI is InChI=1S/C26H31Cl2NO6/c1-6-18(25(31)35-7-2)26(17-8-9-19(27)20(28)14-17)10-11-29(15-26)24(30)16-12-21(32-3)23(34-5)22(13-16)33-4/h8-9,12-14,18H,6-7,10-11,15H2,1-5H3. The Morgan fingerprint density at radius 1 is 1.00 bits per heavy atom. The maximum absolute atomic E-state index is 13.6. The Balaban J connectivity index is 2.04. The largest absolute Gasteiger partial charge is 0.493 e. The van der Waals surface area contributed by atoms with Crippen molar-refractivity contribution in [3.05, 3.63) is 51.5 Å². The Morgan fingerprint density at radius 3 is 2.17 bits per heavy atom. The van der Waals surface area contributed by atoms with Crippen LogP contribution < -0.4 is 14.2 Å². The van der Waals surface area contributed by atoms with Crippen molar-refractivity contribution < 1.29 is 28.5 Å². The molecule has 0 bridgehead atoms. The molecule has 3 rings (SSSR count). The van der Waals surface area contributed by atoms with E-state index in [0.717, 1.165) is 5.56 Å². The van der Waals surface area contributed by atoms with Gasteiger partial charge < -0.3 is 23.8 Å². The normalized spacial score (nSPS) is 18.2. The molecule has 0 radical (unpaired) electrons. The summed E-state index contributed by atoms with van der Waals surface area (Å²) in [5, 5.41) is 0.828. The zero-order valence-electron chi connectivity index (χ0n) is 20.7. The number of esters is 1. The van der Waals surface area contributed by atoms with Crippen LogP contribution in [0.2, 0.25) is 10.0 Å². The minimum Gasteiger partial charge on any atom is -0.493 e. The molecular weight excluding hydrogens is 493 g/mol. The quantitative estimate of drug-likeness (QED) is 0.410. The van der Waals surface area contributed by atoms with E-state index in [0.29, 0.717) is 58.8 Å². The number of carbonyl (C=O) groups is 2. The number of ether oxygens (including phenoxy) is 4. The van der Waals surface area contributed by atoms with Gasteiger partial charge in [-0.25, -0.2) is 0 Å². The topological polar surface area (TPSA) is 74.3 Å². The minimum absolute atomic E-state index is 0.204. The third-order valence-corrected chi connectivity index (χ3v) is 7.38. The van der Waals surface area contributed by atoms with Crippen molar-refractivity contribution in [1.82, 2.24) is 4.90 Å². The van der Waals surface area contributed by atoms with Gasteiger partial charge in [0.05, 0.1) is 43.9 Å². The summed E-state index contributed by atoms with van der Waals surface area (Å²) in [6.45, 7) is 4.78. The minimum atomic E-state index is -0.675. The molecule has 0 aliphatic carbocycles. The van der Waals surface area contributed by atoms with Crippen LogP contribution in [0.5, 0.6) is 17.2 Å². The van der Waals surface area contributed by atoms with Crippen LogP contribution in [0.4, 0.5) is 0 Å². The van der Waals surface area contributed by atoms with Gasteiger partial charge in [-0.15, -0.1) is 0 Å². The van der Waals surface area contributed by atoms with Crippen molar-refractivity contribution in [2.75, 3.05) is 41.0 Å². The Bertz CT molecular complexity index is 1070. The first-order valence-corrected chi connectivity index (χ1v) is 12.2. The SMILES string of the molecule is CCOC(=O)C(CC)C1(c2ccc(Cl)c(Cl)c2)CCN(C(=O)c2cc(OC)c(OC)c(OC)c2)C1. The average molecular weight is 524 g/mol. The number of methoxy groups -OCH3 is 3. The van der Waals surface area contributed by atoms with Gasteiger partial charge in [0.2, 0.25) is 5.75 Å². The van der Waals surface area contributed by atoms with E-state index in [1.165, 1.54) is 21.3 Å². The molecule has 1 saturated heterocycles. The van der Waals surface area contributed by atoms with E-state index in [4.69, 9.17) is 42.1 Å². The molecule has 2 unspecified atom stereocenters. The molecule has 2 aromatic rings. The van der Waals surface area contributed by atoms with Crippen LogP contribution in [0.1, 0.15) is 42.6 Å². The number of hydrogen-bond acceptors (Lipinski definition) is 6. The molecule has 1 heterocycles. The van der Waals surface area contributed by atoms with Gasteiger partial charge in [-0.2, -0.15) is 0 Å². The molecule has 1 aliphatic heterocycles. The van der Waals surface area contributed by atoms with Crippen LogP contribution in [0.3, 0.4) is 0 Å². The highest BCUT2D eigenvalue weighted by molar-refractivity contribution is 6.42. The number of likely N-dealkylation sites (tertiary alicyclic amines) is 1. The van der Waals surface area contributed by atoms with Crippen molar-refractivity contribution >= 4 is 35.1 Å². The van der Waals surface area contributed by atoms with Crippen LogP contribution in [0.15, 0.2) is 30.3 Å². The molecule has 35 heavy (non-hydrogen) atoms. The fraction of sp³-hybridized carbons (Fsp3) is 0.462. The lowest BCUT2D eigenvalue weighted by Gasteiger charge is -2.36. The Morgan fingerprint density at radius 2 is 1.66 bits per heavy atom. The highest BCUT2D eigenvalue weighted by Gasteiger charge is 2.50. The first-order valence-electron chi connectivity index (χ1n) is 11.5. The molecule has 1 fully saturated rings.